The molecule has 1 nitrogen and oxygen atoms in total. The second kappa shape index (κ2) is 6.03. The normalized spacial score (nSPS) is 11.5. The first kappa shape index (κ1) is 13.8. The average Bonchev–Trinajstić information content (AvgIpc) is 2.39. The van der Waals surface area contributed by atoms with Crippen LogP contribution in [0.2, 0.25) is 0 Å². The minimum Gasteiger partial charge on any atom is -0.386 e. The lowest BCUT2D eigenvalue weighted by molar-refractivity contribution is 0.0776. The Balaban J connectivity index is 2.00. The van der Waals surface area contributed by atoms with Gasteiger partial charge in [-0.3, -0.25) is 0 Å². The predicted octanol–water partition coefficient (Wildman–Crippen LogP) is 4.09. The van der Waals surface area contributed by atoms with E-state index in [1.54, 1.807) is 0 Å². The smallest absolute Gasteiger partial charge is 0.0843 e. The quantitative estimate of drug-likeness (QED) is 0.852. The maximum atomic E-state index is 10.2. The van der Waals surface area contributed by atoms with Crippen molar-refractivity contribution in [2.75, 3.05) is 0 Å². The maximum absolute atomic E-state index is 10.2. The molecule has 0 heterocycles. The van der Waals surface area contributed by atoms with Gasteiger partial charge in [0, 0.05) is 0 Å². The fourth-order valence-electron chi connectivity index (χ4n) is 2.46. The molecular formula is C18H22O. The molecule has 2 aromatic rings. The number of benzene rings is 2. The van der Waals surface area contributed by atoms with Crippen molar-refractivity contribution < 1.29 is 5.11 Å². The highest BCUT2D eigenvalue weighted by molar-refractivity contribution is 5.31. The molecule has 1 heteroatoms. The average molecular weight is 254 g/mol. The molecule has 0 amide bonds. The molecule has 0 saturated carbocycles. The van der Waals surface area contributed by atoms with Crippen molar-refractivity contribution in [3.63, 3.8) is 0 Å². The summed E-state index contributed by atoms with van der Waals surface area (Å²) in [7, 11) is 0. The lowest BCUT2D eigenvalue weighted by Gasteiger charge is -2.21. The van der Waals surface area contributed by atoms with Crippen molar-refractivity contribution in [3.8, 4) is 0 Å². The molecule has 19 heavy (non-hydrogen) atoms. The van der Waals surface area contributed by atoms with E-state index in [0.717, 1.165) is 24.8 Å². The SMILES string of the molecule is CC(C)(O)c1ccccc1CCCc1ccccc1. The van der Waals surface area contributed by atoms with Gasteiger partial charge in [-0.15, -0.1) is 0 Å². The van der Waals surface area contributed by atoms with Gasteiger partial charge in [0.2, 0.25) is 0 Å². The molecule has 0 fully saturated rings. The van der Waals surface area contributed by atoms with Crippen LogP contribution in [0.1, 0.15) is 37.0 Å². The van der Waals surface area contributed by atoms with Crippen LogP contribution in [0.3, 0.4) is 0 Å². The minimum absolute atomic E-state index is 0.761. The van der Waals surface area contributed by atoms with Crippen molar-refractivity contribution in [2.45, 2.75) is 38.7 Å². The summed E-state index contributed by atoms with van der Waals surface area (Å²) in [6, 6.07) is 18.7. The lowest BCUT2D eigenvalue weighted by atomic mass is 9.90. The third kappa shape index (κ3) is 3.93. The summed E-state index contributed by atoms with van der Waals surface area (Å²) in [6.45, 7) is 3.70. The van der Waals surface area contributed by atoms with E-state index in [1.165, 1.54) is 11.1 Å². The second-order valence-electron chi connectivity index (χ2n) is 5.56. The van der Waals surface area contributed by atoms with Crippen LogP contribution in [0.25, 0.3) is 0 Å². The molecule has 2 aromatic carbocycles. The predicted molar refractivity (Wildman–Crippen MR) is 80.2 cm³/mol. The monoisotopic (exact) mass is 254 g/mol. The van der Waals surface area contributed by atoms with E-state index < -0.39 is 5.60 Å². The zero-order valence-electron chi connectivity index (χ0n) is 11.8. The van der Waals surface area contributed by atoms with Crippen LogP contribution in [0.15, 0.2) is 54.6 Å². The molecular weight excluding hydrogens is 232 g/mol. The molecule has 2 rings (SSSR count). The van der Waals surface area contributed by atoms with Gasteiger partial charge in [-0.1, -0.05) is 54.6 Å². The molecule has 0 aliphatic rings. The van der Waals surface area contributed by atoms with Crippen LogP contribution in [-0.2, 0) is 18.4 Å². The van der Waals surface area contributed by atoms with Gasteiger partial charge in [0.15, 0.2) is 0 Å². The molecule has 0 aliphatic carbocycles. The van der Waals surface area contributed by atoms with E-state index >= 15 is 0 Å². The van der Waals surface area contributed by atoms with Crippen LogP contribution in [0.5, 0.6) is 0 Å². The van der Waals surface area contributed by atoms with Gasteiger partial charge in [-0.2, -0.15) is 0 Å². The van der Waals surface area contributed by atoms with Crippen molar-refractivity contribution in [3.05, 3.63) is 71.3 Å². The molecule has 0 unspecified atom stereocenters. The third-order valence-corrected chi connectivity index (χ3v) is 3.43. The minimum atomic E-state index is -0.761. The molecule has 0 radical (unpaired) electrons. The summed E-state index contributed by atoms with van der Waals surface area (Å²) in [4.78, 5) is 0. The van der Waals surface area contributed by atoms with E-state index in [9.17, 15) is 5.11 Å². The maximum Gasteiger partial charge on any atom is 0.0843 e. The fourth-order valence-corrected chi connectivity index (χ4v) is 2.46. The summed E-state index contributed by atoms with van der Waals surface area (Å²) >= 11 is 0. The lowest BCUT2D eigenvalue weighted by Crippen LogP contribution is -2.18. The van der Waals surface area contributed by atoms with Gasteiger partial charge >= 0.3 is 0 Å². The largest absolute Gasteiger partial charge is 0.386 e. The van der Waals surface area contributed by atoms with Crippen LogP contribution >= 0.6 is 0 Å². The molecule has 0 bridgehead atoms. The fraction of sp³-hybridized carbons (Fsp3) is 0.333. The van der Waals surface area contributed by atoms with E-state index in [-0.39, 0.29) is 0 Å². The van der Waals surface area contributed by atoms with Gasteiger partial charge in [-0.05, 0) is 49.8 Å². The van der Waals surface area contributed by atoms with Gasteiger partial charge < -0.3 is 5.11 Å². The Morgan fingerprint density at radius 1 is 0.842 bits per heavy atom. The zero-order chi connectivity index (χ0) is 13.7. The number of hydrogen-bond donors (Lipinski definition) is 1. The van der Waals surface area contributed by atoms with Crippen molar-refractivity contribution in [1.29, 1.82) is 0 Å². The third-order valence-electron chi connectivity index (χ3n) is 3.43. The summed E-state index contributed by atoms with van der Waals surface area (Å²) in [6.07, 6.45) is 3.20. The summed E-state index contributed by atoms with van der Waals surface area (Å²) in [5.74, 6) is 0. The summed E-state index contributed by atoms with van der Waals surface area (Å²) < 4.78 is 0. The molecule has 1 N–H and O–H groups in total. The molecule has 100 valence electrons. The Morgan fingerprint density at radius 2 is 1.47 bits per heavy atom. The Bertz CT molecular complexity index is 509. The van der Waals surface area contributed by atoms with E-state index in [2.05, 4.69) is 30.3 Å². The number of rotatable bonds is 5. The molecule has 0 saturated heterocycles. The first-order valence-electron chi connectivity index (χ1n) is 6.92. The highest BCUT2D eigenvalue weighted by Gasteiger charge is 2.18. The molecule has 0 atom stereocenters. The Labute approximate surface area is 115 Å². The highest BCUT2D eigenvalue weighted by Crippen LogP contribution is 2.24. The number of aryl methyl sites for hydroxylation is 2. The molecule has 0 aromatic heterocycles. The first-order chi connectivity index (χ1) is 9.07. The summed E-state index contributed by atoms with van der Waals surface area (Å²) in [5, 5.41) is 10.2. The second-order valence-corrected chi connectivity index (χ2v) is 5.56. The Morgan fingerprint density at radius 3 is 2.16 bits per heavy atom. The Kier molecular flexibility index (Phi) is 4.39. The van der Waals surface area contributed by atoms with Gasteiger partial charge in [0.05, 0.1) is 5.60 Å². The van der Waals surface area contributed by atoms with E-state index in [0.29, 0.717) is 0 Å². The molecule has 0 aliphatic heterocycles. The van der Waals surface area contributed by atoms with Crippen LogP contribution in [0, 0.1) is 0 Å². The van der Waals surface area contributed by atoms with Crippen LogP contribution < -0.4 is 0 Å². The number of aliphatic hydroxyl groups is 1. The van der Waals surface area contributed by atoms with E-state index in [4.69, 9.17) is 0 Å². The zero-order valence-corrected chi connectivity index (χ0v) is 11.8. The van der Waals surface area contributed by atoms with Crippen molar-refractivity contribution in [1.82, 2.24) is 0 Å². The van der Waals surface area contributed by atoms with Gasteiger partial charge in [-0.25, -0.2) is 0 Å². The van der Waals surface area contributed by atoms with Crippen LogP contribution in [-0.4, -0.2) is 5.11 Å². The summed E-state index contributed by atoms with van der Waals surface area (Å²) in [5.41, 5.74) is 2.92. The van der Waals surface area contributed by atoms with Crippen molar-refractivity contribution in [2.24, 2.45) is 0 Å². The standard InChI is InChI=1S/C18H22O/c1-18(2,19)17-14-7-6-12-16(17)13-8-11-15-9-4-3-5-10-15/h3-7,9-10,12,14,19H,8,11,13H2,1-2H3. The van der Waals surface area contributed by atoms with Gasteiger partial charge in [0.25, 0.3) is 0 Å². The number of hydrogen-bond acceptors (Lipinski definition) is 1. The van der Waals surface area contributed by atoms with Gasteiger partial charge in [0.1, 0.15) is 0 Å². The van der Waals surface area contributed by atoms with Crippen LogP contribution in [0.4, 0.5) is 0 Å². The highest BCUT2D eigenvalue weighted by atomic mass is 16.3. The topological polar surface area (TPSA) is 20.2 Å². The Hall–Kier alpha value is -1.60. The first-order valence-corrected chi connectivity index (χ1v) is 6.92. The van der Waals surface area contributed by atoms with E-state index in [1.807, 2.05) is 38.1 Å². The molecule has 0 spiro atoms. The van der Waals surface area contributed by atoms with Crippen molar-refractivity contribution >= 4 is 0 Å².